The number of nitrogens with zero attached hydrogens (tertiary/aromatic N) is 3. The SMILES string of the molecule is CN=C(NCCCS(C)(=O)=O)N1CCN(c2ccc(F)cc2)CC1.I. The second-order valence-corrected chi connectivity index (χ2v) is 8.17. The van der Waals surface area contributed by atoms with Crippen molar-refractivity contribution in [3.63, 3.8) is 0 Å². The van der Waals surface area contributed by atoms with Crippen LogP contribution in [0.1, 0.15) is 6.42 Å². The summed E-state index contributed by atoms with van der Waals surface area (Å²) in [6.07, 6.45) is 1.81. The molecule has 0 saturated carbocycles. The Morgan fingerprint density at radius 2 is 1.80 bits per heavy atom. The Morgan fingerprint density at radius 1 is 1.20 bits per heavy atom. The van der Waals surface area contributed by atoms with Crippen molar-refractivity contribution >= 4 is 45.5 Å². The molecule has 0 atom stereocenters. The summed E-state index contributed by atoms with van der Waals surface area (Å²) in [6.45, 7) is 3.86. The molecule has 0 aliphatic carbocycles. The summed E-state index contributed by atoms with van der Waals surface area (Å²) >= 11 is 0. The molecule has 0 aromatic heterocycles. The Kier molecular flexibility index (Phi) is 8.91. The molecule has 0 bridgehead atoms. The third kappa shape index (κ3) is 7.35. The number of nitrogens with one attached hydrogen (secondary N) is 1. The number of hydrogen-bond acceptors (Lipinski definition) is 4. The number of hydrogen-bond donors (Lipinski definition) is 1. The fraction of sp³-hybridized carbons (Fsp3) is 0.562. The molecule has 2 rings (SSSR count). The lowest BCUT2D eigenvalue weighted by molar-refractivity contribution is 0.372. The highest BCUT2D eigenvalue weighted by atomic mass is 127. The topological polar surface area (TPSA) is 65.0 Å². The van der Waals surface area contributed by atoms with Gasteiger partial charge < -0.3 is 15.1 Å². The lowest BCUT2D eigenvalue weighted by atomic mass is 10.2. The predicted molar refractivity (Wildman–Crippen MR) is 111 cm³/mol. The van der Waals surface area contributed by atoms with Gasteiger partial charge in [0, 0.05) is 51.7 Å². The van der Waals surface area contributed by atoms with Crippen LogP contribution in [0.15, 0.2) is 29.3 Å². The highest BCUT2D eigenvalue weighted by Crippen LogP contribution is 2.16. The largest absolute Gasteiger partial charge is 0.368 e. The molecule has 6 nitrogen and oxygen atoms in total. The zero-order chi connectivity index (χ0) is 17.6. The van der Waals surface area contributed by atoms with Gasteiger partial charge in [-0.15, -0.1) is 24.0 Å². The van der Waals surface area contributed by atoms with E-state index in [0.29, 0.717) is 13.0 Å². The third-order valence-corrected chi connectivity index (χ3v) is 4.99. The van der Waals surface area contributed by atoms with E-state index in [-0.39, 0.29) is 35.5 Å². The van der Waals surface area contributed by atoms with Crippen LogP contribution in [-0.4, -0.2) is 71.1 Å². The first-order valence-corrected chi connectivity index (χ1v) is 10.1. The molecule has 0 amide bonds. The van der Waals surface area contributed by atoms with E-state index in [1.54, 1.807) is 19.2 Å². The molecular weight excluding hydrogens is 458 g/mol. The summed E-state index contributed by atoms with van der Waals surface area (Å²) in [5.74, 6) is 0.744. The molecule has 1 N–H and O–H groups in total. The minimum Gasteiger partial charge on any atom is -0.368 e. The quantitative estimate of drug-likeness (QED) is 0.298. The number of aliphatic imine (C=N–C) groups is 1. The first kappa shape index (κ1) is 21.9. The summed E-state index contributed by atoms with van der Waals surface area (Å²) in [5, 5.41) is 3.22. The molecule has 0 spiro atoms. The Hall–Kier alpha value is -1.10. The number of guanidine groups is 1. The minimum atomic E-state index is -2.92. The number of anilines is 1. The molecule has 1 heterocycles. The summed E-state index contributed by atoms with van der Waals surface area (Å²) < 4.78 is 35.3. The summed E-state index contributed by atoms with van der Waals surface area (Å²) in [7, 11) is -1.19. The van der Waals surface area contributed by atoms with E-state index in [0.717, 1.165) is 37.8 Å². The zero-order valence-electron chi connectivity index (χ0n) is 14.6. The molecule has 142 valence electrons. The van der Waals surface area contributed by atoms with Crippen LogP contribution in [0.2, 0.25) is 0 Å². The van der Waals surface area contributed by atoms with E-state index in [9.17, 15) is 12.8 Å². The van der Waals surface area contributed by atoms with E-state index < -0.39 is 9.84 Å². The number of sulfone groups is 1. The predicted octanol–water partition coefficient (Wildman–Crippen LogP) is 1.58. The van der Waals surface area contributed by atoms with Crippen LogP contribution in [0.4, 0.5) is 10.1 Å². The van der Waals surface area contributed by atoms with Crippen LogP contribution in [0.5, 0.6) is 0 Å². The molecule has 1 aliphatic rings. The fourth-order valence-corrected chi connectivity index (χ4v) is 3.36. The first-order chi connectivity index (χ1) is 11.4. The lowest BCUT2D eigenvalue weighted by Crippen LogP contribution is -2.52. The van der Waals surface area contributed by atoms with E-state index in [1.807, 2.05) is 0 Å². The Morgan fingerprint density at radius 3 is 2.32 bits per heavy atom. The number of rotatable bonds is 5. The average molecular weight is 484 g/mol. The Labute approximate surface area is 166 Å². The molecule has 0 unspecified atom stereocenters. The van der Waals surface area contributed by atoms with Crippen LogP contribution in [0.25, 0.3) is 0 Å². The van der Waals surface area contributed by atoms with Crippen molar-refractivity contribution in [2.75, 3.05) is 56.7 Å². The second kappa shape index (κ2) is 10.1. The maximum atomic E-state index is 13.0. The van der Waals surface area contributed by atoms with Crippen LogP contribution < -0.4 is 10.2 Å². The highest BCUT2D eigenvalue weighted by Gasteiger charge is 2.19. The van der Waals surface area contributed by atoms with Gasteiger partial charge in [-0.2, -0.15) is 0 Å². The molecule has 1 fully saturated rings. The van der Waals surface area contributed by atoms with Crippen molar-refractivity contribution in [3.8, 4) is 0 Å². The zero-order valence-corrected chi connectivity index (χ0v) is 17.8. The molecular formula is C16H26FIN4O2S. The van der Waals surface area contributed by atoms with Gasteiger partial charge >= 0.3 is 0 Å². The van der Waals surface area contributed by atoms with Crippen LogP contribution >= 0.6 is 24.0 Å². The molecule has 1 aromatic carbocycles. The molecule has 0 radical (unpaired) electrons. The molecule has 9 heteroatoms. The van der Waals surface area contributed by atoms with E-state index in [1.165, 1.54) is 18.4 Å². The van der Waals surface area contributed by atoms with Gasteiger partial charge in [-0.3, -0.25) is 4.99 Å². The Bertz CT molecular complexity index is 659. The van der Waals surface area contributed by atoms with Crippen LogP contribution in [0.3, 0.4) is 0 Å². The average Bonchev–Trinajstić information content (AvgIpc) is 2.55. The van der Waals surface area contributed by atoms with Crippen molar-refractivity contribution in [2.45, 2.75) is 6.42 Å². The summed E-state index contributed by atoms with van der Waals surface area (Å²) in [6, 6.07) is 6.54. The maximum absolute atomic E-state index is 13.0. The van der Waals surface area contributed by atoms with Gasteiger partial charge in [0.2, 0.25) is 0 Å². The van der Waals surface area contributed by atoms with Crippen molar-refractivity contribution in [1.29, 1.82) is 0 Å². The monoisotopic (exact) mass is 484 g/mol. The molecule has 1 aliphatic heterocycles. The van der Waals surface area contributed by atoms with Crippen molar-refractivity contribution in [2.24, 2.45) is 4.99 Å². The smallest absolute Gasteiger partial charge is 0.193 e. The second-order valence-electron chi connectivity index (χ2n) is 5.91. The summed E-state index contributed by atoms with van der Waals surface area (Å²) in [4.78, 5) is 8.64. The summed E-state index contributed by atoms with van der Waals surface area (Å²) in [5.41, 5.74) is 1.02. The lowest BCUT2D eigenvalue weighted by Gasteiger charge is -2.37. The highest BCUT2D eigenvalue weighted by molar-refractivity contribution is 14.0. The molecule has 25 heavy (non-hydrogen) atoms. The van der Waals surface area contributed by atoms with E-state index >= 15 is 0 Å². The van der Waals surface area contributed by atoms with Crippen LogP contribution in [0, 0.1) is 5.82 Å². The van der Waals surface area contributed by atoms with Gasteiger partial charge in [0.05, 0.1) is 5.75 Å². The van der Waals surface area contributed by atoms with E-state index in [4.69, 9.17) is 0 Å². The van der Waals surface area contributed by atoms with Crippen molar-refractivity contribution < 1.29 is 12.8 Å². The first-order valence-electron chi connectivity index (χ1n) is 8.03. The molecule has 1 aromatic rings. The van der Waals surface area contributed by atoms with Gasteiger partial charge in [0.25, 0.3) is 0 Å². The molecule has 1 saturated heterocycles. The van der Waals surface area contributed by atoms with Gasteiger partial charge in [-0.05, 0) is 30.7 Å². The van der Waals surface area contributed by atoms with Crippen molar-refractivity contribution in [1.82, 2.24) is 10.2 Å². The fourth-order valence-electron chi connectivity index (χ4n) is 2.70. The standard InChI is InChI=1S/C16H25FN4O2S.HI/c1-18-16(19-8-3-13-24(2,22)23)21-11-9-20(10-12-21)15-6-4-14(17)5-7-15;/h4-7H,3,8-13H2,1-2H3,(H,18,19);1H. The number of piperazine rings is 1. The van der Waals surface area contributed by atoms with E-state index in [2.05, 4.69) is 20.1 Å². The third-order valence-electron chi connectivity index (χ3n) is 3.96. The van der Waals surface area contributed by atoms with Gasteiger partial charge in [-0.1, -0.05) is 0 Å². The van der Waals surface area contributed by atoms with Crippen molar-refractivity contribution in [3.05, 3.63) is 30.1 Å². The van der Waals surface area contributed by atoms with Crippen LogP contribution in [-0.2, 0) is 9.84 Å². The van der Waals surface area contributed by atoms with Gasteiger partial charge in [-0.25, -0.2) is 12.8 Å². The minimum absolute atomic E-state index is 0. The number of benzene rings is 1. The maximum Gasteiger partial charge on any atom is 0.193 e. The Balaban J connectivity index is 0.00000312. The van der Waals surface area contributed by atoms with Gasteiger partial charge in [0.1, 0.15) is 15.7 Å². The van der Waals surface area contributed by atoms with Gasteiger partial charge in [0.15, 0.2) is 5.96 Å². The number of halogens is 2. The normalized spacial score (nSPS) is 15.7.